The lowest BCUT2D eigenvalue weighted by atomic mass is 10.1. The van der Waals surface area contributed by atoms with Crippen molar-refractivity contribution in [2.24, 2.45) is 10.7 Å². The fourth-order valence-electron chi connectivity index (χ4n) is 2.85. The first-order valence-electron chi connectivity index (χ1n) is 7.71. The highest BCUT2D eigenvalue weighted by Crippen LogP contribution is 2.10. The van der Waals surface area contributed by atoms with Gasteiger partial charge in [-0.25, -0.2) is 0 Å². The highest BCUT2D eigenvalue weighted by Gasteiger charge is 2.16. The minimum absolute atomic E-state index is 0. The molecule has 20 heavy (non-hydrogen) atoms. The molecule has 3 N–H and O–H groups in total. The number of aliphatic imine (C=N–C) groups is 1. The van der Waals surface area contributed by atoms with Crippen LogP contribution in [-0.4, -0.2) is 66.2 Å². The van der Waals surface area contributed by atoms with Gasteiger partial charge in [-0.2, -0.15) is 0 Å². The van der Waals surface area contributed by atoms with E-state index < -0.39 is 0 Å². The molecule has 0 aliphatic carbocycles. The Hall–Kier alpha value is -0.0800. The molecule has 0 aromatic heterocycles. The van der Waals surface area contributed by atoms with Crippen molar-refractivity contribution in [2.45, 2.75) is 44.6 Å². The SMILES string of the molecule is I.NC(=NCCCN1CCC(O)CC1)N1CCCCC1. The Kier molecular flexibility index (Phi) is 8.79. The van der Waals surface area contributed by atoms with Crippen molar-refractivity contribution >= 4 is 29.9 Å². The Morgan fingerprint density at radius 2 is 1.75 bits per heavy atom. The Morgan fingerprint density at radius 1 is 1.10 bits per heavy atom. The third-order valence-corrected chi connectivity index (χ3v) is 4.14. The maximum atomic E-state index is 9.44. The van der Waals surface area contributed by atoms with Crippen LogP contribution in [0.15, 0.2) is 4.99 Å². The van der Waals surface area contributed by atoms with Gasteiger partial charge in [-0.1, -0.05) is 0 Å². The molecule has 0 amide bonds. The topological polar surface area (TPSA) is 65.1 Å². The zero-order valence-electron chi connectivity index (χ0n) is 12.3. The first-order chi connectivity index (χ1) is 9.25. The summed E-state index contributed by atoms with van der Waals surface area (Å²) >= 11 is 0. The summed E-state index contributed by atoms with van der Waals surface area (Å²) in [6, 6.07) is 0. The van der Waals surface area contributed by atoms with E-state index in [1.54, 1.807) is 0 Å². The van der Waals surface area contributed by atoms with Crippen molar-refractivity contribution in [1.82, 2.24) is 9.80 Å². The Balaban J connectivity index is 0.00000200. The fourth-order valence-corrected chi connectivity index (χ4v) is 2.85. The summed E-state index contributed by atoms with van der Waals surface area (Å²) in [5.41, 5.74) is 6.02. The molecule has 2 fully saturated rings. The molecule has 2 rings (SSSR count). The number of hydrogen-bond acceptors (Lipinski definition) is 3. The van der Waals surface area contributed by atoms with Crippen molar-refractivity contribution in [1.29, 1.82) is 0 Å². The zero-order chi connectivity index (χ0) is 13.5. The normalized spacial score (nSPS) is 22.6. The molecule has 0 unspecified atom stereocenters. The molecule has 0 atom stereocenters. The van der Waals surface area contributed by atoms with Crippen molar-refractivity contribution in [2.75, 3.05) is 39.3 Å². The highest BCUT2D eigenvalue weighted by atomic mass is 127. The molecule has 0 aromatic rings. The number of piperidine rings is 2. The molecule has 2 saturated heterocycles. The molecular weight excluding hydrogens is 367 g/mol. The van der Waals surface area contributed by atoms with Crippen LogP contribution in [0.25, 0.3) is 0 Å². The van der Waals surface area contributed by atoms with Gasteiger partial charge in [0.25, 0.3) is 0 Å². The van der Waals surface area contributed by atoms with Gasteiger partial charge < -0.3 is 20.6 Å². The molecule has 2 heterocycles. The van der Waals surface area contributed by atoms with Gasteiger partial charge in [-0.05, 0) is 45.1 Å². The van der Waals surface area contributed by atoms with Crippen LogP contribution in [0, 0.1) is 0 Å². The van der Waals surface area contributed by atoms with Gasteiger partial charge in [0.2, 0.25) is 0 Å². The molecule has 0 bridgehead atoms. The third kappa shape index (κ3) is 6.13. The van der Waals surface area contributed by atoms with Gasteiger partial charge in [0, 0.05) is 32.7 Å². The molecule has 0 spiro atoms. The van der Waals surface area contributed by atoms with Crippen LogP contribution in [0.4, 0.5) is 0 Å². The average Bonchev–Trinajstić information content (AvgIpc) is 2.46. The molecule has 0 saturated carbocycles. The van der Waals surface area contributed by atoms with E-state index >= 15 is 0 Å². The Morgan fingerprint density at radius 3 is 2.40 bits per heavy atom. The first kappa shape index (κ1) is 18.0. The standard InChI is InChI=1S/C14H28N4O.HI/c15-14(18-9-2-1-3-10-18)16-7-4-8-17-11-5-13(19)6-12-17;/h13,19H,1-12H2,(H2,15,16);1H. The molecule has 6 heteroatoms. The summed E-state index contributed by atoms with van der Waals surface area (Å²) in [7, 11) is 0. The van der Waals surface area contributed by atoms with E-state index in [9.17, 15) is 5.11 Å². The number of halogens is 1. The van der Waals surface area contributed by atoms with E-state index in [1.807, 2.05) is 0 Å². The number of nitrogens with zero attached hydrogens (tertiary/aromatic N) is 3. The predicted molar refractivity (Wildman–Crippen MR) is 93.6 cm³/mol. The number of guanidine groups is 1. The van der Waals surface area contributed by atoms with E-state index in [1.165, 1.54) is 19.3 Å². The first-order valence-corrected chi connectivity index (χ1v) is 7.71. The van der Waals surface area contributed by atoms with Gasteiger partial charge in [0.05, 0.1) is 6.10 Å². The summed E-state index contributed by atoms with van der Waals surface area (Å²) in [5, 5.41) is 9.44. The van der Waals surface area contributed by atoms with E-state index in [2.05, 4.69) is 14.8 Å². The zero-order valence-corrected chi connectivity index (χ0v) is 14.7. The lowest BCUT2D eigenvalue weighted by Gasteiger charge is -2.29. The van der Waals surface area contributed by atoms with Crippen LogP contribution in [0.1, 0.15) is 38.5 Å². The summed E-state index contributed by atoms with van der Waals surface area (Å²) in [6.45, 7) is 6.07. The third-order valence-electron chi connectivity index (χ3n) is 4.14. The number of aliphatic hydroxyl groups is 1. The van der Waals surface area contributed by atoms with Crippen LogP contribution in [-0.2, 0) is 0 Å². The van der Waals surface area contributed by atoms with Crippen LogP contribution in [0.5, 0.6) is 0 Å². The second-order valence-corrected chi connectivity index (χ2v) is 5.71. The average molecular weight is 396 g/mol. The second-order valence-electron chi connectivity index (χ2n) is 5.71. The molecule has 118 valence electrons. The van der Waals surface area contributed by atoms with Gasteiger partial charge in [0.1, 0.15) is 0 Å². The fraction of sp³-hybridized carbons (Fsp3) is 0.929. The number of nitrogens with two attached hydrogens (primary N) is 1. The summed E-state index contributed by atoms with van der Waals surface area (Å²) in [5.74, 6) is 0.730. The monoisotopic (exact) mass is 396 g/mol. The van der Waals surface area contributed by atoms with E-state index in [-0.39, 0.29) is 30.1 Å². The van der Waals surface area contributed by atoms with Gasteiger partial charge in [-0.3, -0.25) is 4.99 Å². The summed E-state index contributed by atoms with van der Waals surface area (Å²) < 4.78 is 0. The minimum Gasteiger partial charge on any atom is -0.393 e. The van der Waals surface area contributed by atoms with E-state index in [4.69, 9.17) is 5.73 Å². The second kappa shape index (κ2) is 9.78. The number of aliphatic hydroxyl groups excluding tert-OH is 1. The summed E-state index contributed by atoms with van der Waals surface area (Å²) in [6.07, 6.45) is 6.62. The molecule has 0 aromatic carbocycles. The summed E-state index contributed by atoms with van der Waals surface area (Å²) in [4.78, 5) is 9.12. The van der Waals surface area contributed by atoms with Crippen molar-refractivity contribution in [3.05, 3.63) is 0 Å². The van der Waals surface area contributed by atoms with Gasteiger partial charge in [-0.15, -0.1) is 24.0 Å². The quantitative estimate of drug-likeness (QED) is 0.325. The Bertz CT molecular complexity index is 287. The number of rotatable bonds is 4. The largest absolute Gasteiger partial charge is 0.393 e. The van der Waals surface area contributed by atoms with E-state index in [0.29, 0.717) is 0 Å². The minimum atomic E-state index is -0.0796. The molecular formula is C14H29IN4O. The van der Waals surface area contributed by atoms with Crippen molar-refractivity contribution in [3.63, 3.8) is 0 Å². The van der Waals surface area contributed by atoms with Crippen LogP contribution in [0.3, 0.4) is 0 Å². The van der Waals surface area contributed by atoms with Crippen molar-refractivity contribution in [3.8, 4) is 0 Å². The highest BCUT2D eigenvalue weighted by molar-refractivity contribution is 14.0. The van der Waals surface area contributed by atoms with Crippen molar-refractivity contribution < 1.29 is 5.11 Å². The number of hydrogen-bond donors (Lipinski definition) is 2. The van der Waals surface area contributed by atoms with Crippen LogP contribution >= 0.6 is 24.0 Å². The lowest BCUT2D eigenvalue weighted by molar-refractivity contribution is 0.0824. The van der Waals surface area contributed by atoms with E-state index in [0.717, 1.165) is 64.5 Å². The molecule has 0 radical (unpaired) electrons. The maximum Gasteiger partial charge on any atom is 0.191 e. The Labute approximate surface area is 139 Å². The van der Waals surface area contributed by atoms with Gasteiger partial charge in [0.15, 0.2) is 5.96 Å². The van der Waals surface area contributed by atoms with Crippen LogP contribution in [0.2, 0.25) is 0 Å². The number of likely N-dealkylation sites (tertiary alicyclic amines) is 2. The smallest absolute Gasteiger partial charge is 0.191 e. The predicted octanol–water partition coefficient (Wildman–Crippen LogP) is 1.25. The van der Waals surface area contributed by atoms with Crippen LogP contribution < -0.4 is 5.73 Å². The molecule has 2 aliphatic heterocycles. The van der Waals surface area contributed by atoms with Gasteiger partial charge >= 0.3 is 0 Å². The lowest BCUT2D eigenvalue weighted by Crippen LogP contribution is -2.41. The molecule has 5 nitrogen and oxygen atoms in total. The molecule has 2 aliphatic rings. The maximum absolute atomic E-state index is 9.44.